The van der Waals surface area contributed by atoms with Gasteiger partial charge in [-0.25, -0.2) is 10.1 Å². The van der Waals surface area contributed by atoms with E-state index >= 15 is 0 Å². The lowest BCUT2D eigenvalue weighted by molar-refractivity contribution is 0.0955. The van der Waals surface area contributed by atoms with E-state index in [0.717, 1.165) is 40.2 Å². The zero-order valence-electron chi connectivity index (χ0n) is 18.7. The number of nitrogens with zero attached hydrogens (tertiary/aromatic N) is 3. The molecule has 4 rings (SSSR count). The van der Waals surface area contributed by atoms with E-state index in [2.05, 4.69) is 17.5 Å². The second-order valence-electron chi connectivity index (χ2n) is 7.65. The number of hydrogen-bond donors (Lipinski definition) is 1. The molecule has 0 saturated heterocycles. The lowest BCUT2D eigenvalue weighted by atomic mass is 10.1. The second-order valence-corrected chi connectivity index (χ2v) is 7.65. The Balaban J connectivity index is 1.60. The number of benzene rings is 3. The fourth-order valence-corrected chi connectivity index (χ4v) is 3.28. The molecule has 6 nitrogen and oxygen atoms in total. The summed E-state index contributed by atoms with van der Waals surface area (Å²) in [6.07, 6.45) is 4.47. The van der Waals surface area contributed by atoms with E-state index in [-0.39, 0.29) is 5.91 Å². The van der Waals surface area contributed by atoms with Crippen LogP contribution in [0.3, 0.4) is 0 Å². The highest BCUT2D eigenvalue weighted by Crippen LogP contribution is 2.25. The molecule has 0 aliphatic carbocycles. The zero-order valence-corrected chi connectivity index (χ0v) is 18.7. The number of hydrazone groups is 1. The van der Waals surface area contributed by atoms with Gasteiger partial charge in [0, 0.05) is 22.9 Å². The first-order chi connectivity index (χ1) is 16.1. The van der Waals surface area contributed by atoms with Crippen molar-refractivity contribution in [1.82, 2.24) is 15.2 Å². The molecule has 0 aliphatic rings. The van der Waals surface area contributed by atoms with Crippen molar-refractivity contribution in [3.8, 4) is 22.7 Å². The van der Waals surface area contributed by atoms with E-state index in [1.165, 1.54) is 0 Å². The fraction of sp³-hybridized carbons (Fsp3) is 0.148. The van der Waals surface area contributed by atoms with Crippen LogP contribution >= 0.6 is 0 Å². The normalized spacial score (nSPS) is 11.0. The molecule has 0 unspecified atom stereocenters. The fourth-order valence-electron chi connectivity index (χ4n) is 3.28. The topological polar surface area (TPSA) is 68.5 Å². The minimum absolute atomic E-state index is 0.263. The lowest BCUT2D eigenvalue weighted by Crippen LogP contribution is -2.17. The molecule has 6 heteroatoms. The van der Waals surface area contributed by atoms with Crippen LogP contribution in [-0.2, 0) is 0 Å². The maximum absolute atomic E-state index is 12.4. The van der Waals surface area contributed by atoms with Gasteiger partial charge in [-0.15, -0.1) is 0 Å². The van der Waals surface area contributed by atoms with Gasteiger partial charge in [0.25, 0.3) is 5.91 Å². The predicted molar refractivity (Wildman–Crippen MR) is 131 cm³/mol. The summed E-state index contributed by atoms with van der Waals surface area (Å²) < 4.78 is 7.50. The quantitative estimate of drug-likeness (QED) is 0.296. The molecule has 0 aliphatic heterocycles. The number of para-hydroxylation sites is 1. The Labute approximate surface area is 193 Å². The highest BCUT2D eigenvalue weighted by Gasteiger charge is 2.12. The van der Waals surface area contributed by atoms with Crippen molar-refractivity contribution in [3.05, 3.63) is 102 Å². The van der Waals surface area contributed by atoms with E-state index < -0.39 is 0 Å². The van der Waals surface area contributed by atoms with Crippen LogP contribution < -0.4 is 10.2 Å². The standard InChI is InChI=1S/C27H26N4O2/c1-3-17-33-25-15-13-21(14-16-25)26-23(19-31(30-26)24-7-5-4-6-8-24)18-28-29-27(32)22-11-9-20(2)10-12-22/h4-16,18-19H,3,17H2,1-2H3,(H,29,32). The van der Waals surface area contributed by atoms with Crippen LogP contribution in [0.2, 0.25) is 0 Å². The molecule has 0 radical (unpaired) electrons. The first kappa shape index (κ1) is 22.0. The van der Waals surface area contributed by atoms with Crippen molar-refractivity contribution >= 4 is 12.1 Å². The zero-order chi connectivity index (χ0) is 23.0. The van der Waals surface area contributed by atoms with Gasteiger partial charge in [-0.1, -0.05) is 42.8 Å². The minimum Gasteiger partial charge on any atom is -0.494 e. The molecule has 1 aromatic heterocycles. The Morgan fingerprint density at radius 1 is 1.03 bits per heavy atom. The number of nitrogens with one attached hydrogen (secondary N) is 1. The third kappa shape index (κ3) is 5.54. The molecular formula is C27H26N4O2. The Morgan fingerprint density at radius 3 is 2.45 bits per heavy atom. The summed E-state index contributed by atoms with van der Waals surface area (Å²) in [4.78, 5) is 12.4. The van der Waals surface area contributed by atoms with Crippen LogP contribution in [0.25, 0.3) is 16.9 Å². The maximum Gasteiger partial charge on any atom is 0.271 e. The maximum atomic E-state index is 12.4. The number of aromatic nitrogens is 2. The van der Waals surface area contributed by atoms with Gasteiger partial charge in [0.15, 0.2) is 0 Å². The van der Waals surface area contributed by atoms with Gasteiger partial charge < -0.3 is 4.74 Å². The second kappa shape index (κ2) is 10.4. The monoisotopic (exact) mass is 438 g/mol. The highest BCUT2D eigenvalue weighted by molar-refractivity contribution is 5.95. The highest BCUT2D eigenvalue weighted by atomic mass is 16.5. The van der Waals surface area contributed by atoms with Crippen LogP contribution in [-0.4, -0.2) is 28.5 Å². The van der Waals surface area contributed by atoms with E-state index in [0.29, 0.717) is 12.2 Å². The summed E-state index contributed by atoms with van der Waals surface area (Å²) in [7, 11) is 0. The number of ether oxygens (including phenoxy) is 1. The molecule has 1 heterocycles. The third-order valence-electron chi connectivity index (χ3n) is 5.05. The molecular weight excluding hydrogens is 412 g/mol. The van der Waals surface area contributed by atoms with E-state index in [9.17, 15) is 4.79 Å². The molecule has 1 amide bonds. The van der Waals surface area contributed by atoms with Crippen LogP contribution in [0.4, 0.5) is 0 Å². The van der Waals surface area contributed by atoms with Crippen LogP contribution in [0.5, 0.6) is 5.75 Å². The Morgan fingerprint density at radius 2 is 1.76 bits per heavy atom. The van der Waals surface area contributed by atoms with Crippen LogP contribution in [0, 0.1) is 6.92 Å². The summed E-state index contributed by atoms with van der Waals surface area (Å²) in [5.74, 6) is 0.560. The molecule has 0 atom stereocenters. The molecule has 0 bridgehead atoms. The molecule has 4 aromatic rings. The van der Waals surface area contributed by atoms with Crippen molar-refractivity contribution in [2.75, 3.05) is 6.61 Å². The van der Waals surface area contributed by atoms with Gasteiger partial charge in [0.1, 0.15) is 11.4 Å². The molecule has 0 fully saturated rings. The van der Waals surface area contributed by atoms with Gasteiger partial charge in [0.2, 0.25) is 0 Å². The Bertz CT molecular complexity index is 1230. The third-order valence-corrected chi connectivity index (χ3v) is 5.05. The smallest absolute Gasteiger partial charge is 0.271 e. The Hall–Kier alpha value is -4.19. The summed E-state index contributed by atoms with van der Waals surface area (Å²) in [6, 6.07) is 25.0. The average Bonchev–Trinajstić information content (AvgIpc) is 3.28. The van der Waals surface area contributed by atoms with Crippen molar-refractivity contribution in [3.63, 3.8) is 0 Å². The first-order valence-corrected chi connectivity index (χ1v) is 10.9. The van der Waals surface area contributed by atoms with Crippen molar-refractivity contribution in [1.29, 1.82) is 0 Å². The summed E-state index contributed by atoms with van der Waals surface area (Å²) in [5, 5.41) is 8.97. The number of hydrogen-bond acceptors (Lipinski definition) is 4. The van der Waals surface area contributed by atoms with Crippen LogP contribution in [0.15, 0.2) is 90.2 Å². The van der Waals surface area contributed by atoms with Crippen molar-refractivity contribution < 1.29 is 9.53 Å². The Kier molecular flexibility index (Phi) is 6.95. The molecule has 1 N–H and O–H groups in total. The number of amides is 1. The van der Waals surface area contributed by atoms with E-state index in [1.54, 1.807) is 23.0 Å². The van der Waals surface area contributed by atoms with Crippen molar-refractivity contribution in [2.45, 2.75) is 20.3 Å². The average molecular weight is 439 g/mol. The molecule has 166 valence electrons. The van der Waals surface area contributed by atoms with Gasteiger partial charge >= 0.3 is 0 Å². The number of carbonyl (C=O) groups is 1. The van der Waals surface area contributed by atoms with Crippen molar-refractivity contribution in [2.24, 2.45) is 5.10 Å². The predicted octanol–water partition coefficient (Wildman–Crippen LogP) is 5.40. The summed E-state index contributed by atoms with van der Waals surface area (Å²) >= 11 is 0. The molecule has 0 saturated carbocycles. The van der Waals surface area contributed by atoms with Gasteiger partial charge in [-0.3, -0.25) is 4.79 Å². The molecule has 0 spiro atoms. The van der Waals surface area contributed by atoms with E-state index in [1.807, 2.05) is 79.9 Å². The van der Waals surface area contributed by atoms with E-state index in [4.69, 9.17) is 9.84 Å². The molecule has 3 aromatic carbocycles. The number of carbonyl (C=O) groups excluding carboxylic acids is 1. The summed E-state index contributed by atoms with van der Waals surface area (Å²) in [6.45, 7) is 4.74. The first-order valence-electron chi connectivity index (χ1n) is 10.9. The molecule has 33 heavy (non-hydrogen) atoms. The number of rotatable bonds is 8. The van der Waals surface area contributed by atoms with Crippen LogP contribution in [0.1, 0.15) is 34.8 Å². The van der Waals surface area contributed by atoms with Gasteiger partial charge in [-0.05, 0) is 61.9 Å². The SMILES string of the molecule is CCCOc1ccc(-c2nn(-c3ccccc3)cc2C=NNC(=O)c2ccc(C)cc2)cc1. The van der Waals surface area contributed by atoms with Gasteiger partial charge in [0.05, 0.1) is 18.5 Å². The minimum atomic E-state index is -0.263. The van der Waals surface area contributed by atoms with Gasteiger partial charge in [-0.2, -0.15) is 10.2 Å². The largest absolute Gasteiger partial charge is 0.494 e. The summed E-state index contributed by atoms with van der Waals surface area (Å²) in [5.41, 5.74) is 7.66. The number of aryl methyl sites for hydroxylation is 1. The lowest BCUT2D eigenvalue weighted by Gasteiger charge is -2.05.